The normalized spacial score (nSPS) is 12.1. The SMILES string of the molecule is CC(Oc1ccc2ncccc2c1)C(=O)NO. The van der Waals surface area contributed by atoms with Crippen molar-refractivity contribution < 1.29 is 14.7 Å². The third kappa shape index (κ3) is 2.51. The molecule has 2 rings (SSSR count). The Morgan fingerprint density at radius 2 is 2.29 bits per heavy atom. The van der Waals surface area contributed by atoms with Crippen molar-refractivity contribution in [3.8, 4) is 5.75 Å². The minimum absolute atomic E-state index is 0.557. The summed E-state index contributed by atoms with van der Waals surface area (Å²) in [6, 6.07) is 9.08. The molecule has 1 aromatic heterocycles. The summed E-state index contributed by atoms with van der Waals surface area (Å²) in [5.74, 6) is -0.0297. The number of rotatable bonds is 3. The quantitative estimate of drug-likeness (QED) is 0.621. The third-order valence-corrected chi connectivity index (χ3v) is 2.37. The molecule has 5 heteroatoms. The van der Waals surface area contributed by atoms with Crippen molar-refractivity contribution in [2.45, 2.75) is 13.0 Å². The van der Waals surface area contributed by atoms with Crippen molar-refractivity contribution in [1.29, 1.82) is 0 Å². The van der Waals surface area contributed by atoms with Gasteiger partial charge in [-0.25, -0.2) is 5.48 Å². The van der Waals surface area contributed by atoms with Crippen LogP contribution in [0.1, 0.15) is 6.92 Å². The van der Waals surface area contributed by atoms with Gasteiger partial charge >= 0.3 is 0 Å². The first-order valence-corrected chi connectivity index (χ1v) is 5.16. The Labute approximate surface area is 98.0 Å². The Bertz CT molecular complexity index is 542. The highest BCUT2D eigenvalue weighted by atomic mass is 16.5. The highest BCUT2D eigenvalue weighted by molar-refractivity contribution is 5.81. The molecule has 1 atom stereocenters. The van der Waals surface area contributed by atoms with E-state index >= 15 is 0 Å². The Balaban J connectivity index is 2.22. The average molecular weight is 232 g/mol. The number of benzene rings is 1. The van der Waals surface area contributed by atoms with Gasteiger partial charge in [-0.1, -0.05) is 6.07 Å². The third-order valence-electron chi connectivity index (χ3n) is 2.37. The zero-order chi connectivity index (χ0) is 12.3. The first-order valence-electron chi connectivity index (χ1n) is 5.16. The molecular formula is C12H12N2O3. The topological polar surface area (TPSA) is 71.5 Å². The number of pyridine rings is 1. The number of hydrogen-bond acceptors (Lipinski definition) is 4. The summed E-state index contributed by atoms with van der Waals surface area (Å²) < 4.78 is 5.38. The van der Waals surface area contributed by atoms with Crippen molar-refractivity contribution in [2.75, 3.05) is 0 Å². The summed E-state index contributed by atoms with van der Waals surface area (Å²) in [7, 11) is 0. The molecule has 1 aromatic carbocycles. The lowest BCUT2D eigenvalue weighted by Crippen LogP contribution is -2.34. The van der Waals surface area contributed by atoms with Crippen molar-refractivity contribution in [1.82, 2.24) is 10.5 Å². The Morgan fingerprint density at radius 3 is 3.06 bits per heavy atom. The van der Waals surface area contributed by atoms with Crippen LogP contribution in [0.5, 0.6) is 5.75 Å². The van der Waals surface area contributed by atoms with Crippen LogP contribution in [0.3, 0.4) is 0 Å². The highest BCUT2D eigenvalue weighted by Gasteiger charge is 2.13. The molecule has 1 amide bonds. The summed E-state index contributed by atoms with van der Waals surface area (Å²) in [4.78, 5) is 15.3. The summed E-state index contributed by atoms with van der Waals surface area (Å²) in [5.41, 5.74) is 2.41. The number of nitrogens with one attached hydrogen (secondary N) is 1. The molecule has 0 bridgehead atoms. The van der Waals surface area contributed by atoms with E-state index in [-0.39, 0.29) is 0 Å². The minimum Gasteiger partial charge on any atom is -0.481 e. The molecule has 1 heterocycles. The highest BCUT2D eigenvalue weighted by Crippen LogP contribution is 2.19. The second-order valence-electron chi connectivity index (χ2n) is 3.59. The Morgan fingerprint density at radius 1 is 1.47 bits per heavy atom. The molecule has 2 N–H and O–H groups in total. The van der Waals surface area contributed by atoms with Crippen LogP contribution in [0.25, 0.3) is 10.9 Å². The summed E-state index contributed by atoms with van der Waals surface area (Å²) in [6.07, 6.45) is 0.958. The molecule has 5 nitrogen and oxygen atoms in total. The largest absolute Gasteiger partial charge is 0.481 e. The van der Waals surface area contributed by atoms with Gasteiger partial charge in [-0.05, 0) is 31.2 Å². The first kappa shape index (κ1) is 11.3. The smallest absolute Gasteiger partial charge is 0.284 e. The molecule has 0 fully saturated rings. The summed E-state index contributed by atoms with van der Waals surface area (Å²) in [6.45, 7) is 1.55. The lowest BCUT2D eigenvalue weighted by atomic mass is 10.2. The zero-order valence-corrected chi connectivity index (χ0v) is 9.25. The van der Waals surface area contributed by atoms with Crippen LogP contribution in [0.15, 0.2) is 36.5 Å². The molecule has 0 aliphatic heterocycles. The minimum atomic E-state index is -0.755. The van der Waals surface area contributed by atoms with Gasteiger partial charge in [0.05, 0.1) is 5.52 Å². The van der Waals surface area contributed by atoms with Crippen molar-refractivity contribution in [3.63, 3.8) is 0 Å². The van der Waals surface area contributed by atoms with Crippen LogP contribution in [-0.4, -0.2) is 22.2 Å². The van der Waals surface area contributed by atoms with Gasteiger partial charge in [0.2, 0.25) is 0 Å². The number of carbonyl (C=O) groups is 1. The lowest BCUT2D eigenvalue weighted by Gasteiger charge is -2.12. The average Bonchev–Trinajstić information content (AvgIpc) is 2.37. The number of hydrogen-bond donors (Lipinski definition) is 2. The fourth-order valence-electron chi connectivity index (χ4n) is 1.48. The van der Waals surface area contributed by atoms with E-state index < -0.39 is 12.0 Å². The molecule has 0 aliphatic rings. The van der Waals surface area contributed by atoms with Gasteiger partial charge < -0.3 is 4.74 Å². The van der Waals surface area contributed by atoms with Crippen LogP contribution < -0.4 is 10.2 Å². The van der Waals surface area contributed by atoms with Gasteiger partial charge in [-0.2, -0.15) is 0 Å². The van der Waals surface area contributed by atoms with Crippen LogP contribution >= 0.6 is 0 Å². The summed E-state index contributed by atoms with van der Waals surface area (Å²) in [5, 5.41) is 9.40. The van der Waals surface area contributed by atoms with E-state index in [0.29, 0.717) is 5.75 Å². The molecule has 1 unspecified atom stereocenters. The van der Waals surface area contributed by atoms with Gasteiger partial charge in [-0.3, -0.25) is 15.0 Å². The molecule has 0 saturated heterocycles. The number of carbonyl (C=O) groups excluding carboxylic acids is 1. The van der Waals surface area contributed by atoms with Gasteiger partial charge in [-0.15, -0.1) is 0 Å². The van der Waals surface area contributed by atoms with Gasteiger partial charge in [0, 0.05) is 11.6 Å². The zero-order valence-electron chi connectivity index (χ0n) is 9.25. The Hall–Kier alpha value is -2.14. The van der Waals surface area contributed by atoms with E-state index in [9.17, 15) is 4.79 Å². The van der Waals surface area contributed by atoms with E-state index in [4.69, 9.17) is 9.94 Å². The number of hydroxylamine groups is 1. The van der Waals surface area contributed by atoms with Crippen LogP contribution in [0.4, 0.5) is 0 Å². The number of fused-ring (bicyclic) bond motifs is 1. The van der Waals surface area contributed by atoms with E-state index in [0.717, 1.165) is 10.9 Å². The number of ether oxygens (including phenoxy) is 1. The molecule has 0 aliphatic carbocycles. The van der Waals surface area contributed by atoms with E-state index in [1.54, 1.807) is 30.7 Å². The molecule has 0 radical (unpaired) electrons. The monoisotopic (exact) mass is 232 g/mol. The van der Waals surface area contributed by atoms with Gasteiger partial charge in [0.1, 0.15) is 5.75 Å². The van der Waals surface area contributed by atoms with Gasteiger partial charge in [0.15, 0.2) is 6.10 Å². The molecular weight excluding hydrogens is 220 g/mol. The van der Waals surface area contributed by atoms with Crippen LogP contribution in [0.2, 0.25) is 0 Å². The maximum absolute atomic E-state index is 11.1. The van der Waals surface area contributed by atoms with Crippen LogP contribution in [-0.2, 0) is 4.79 Å². The Kier molecular flexibility index (Phi) is 3.20. The fourth-order valence-corrected chi connectivity index (χ4v) is 1.48. The van der Waals surface area contributed by atoms with Gasteiger partial charge in [0.25, 0.3) is 5.91 Å². The van der Waals surface area contributed by atoms with E-state index in [1.165, 1.54) is 0 Å². The lowest BCUT2D eigenvalue weighted by molar-refractivity contribution is -0.135. The molecule has 2 aromatic rings. The predicted molar refractivity (Wildman–Crippen MR) is 61.8 cm³/mol. The second-order valence-corrected chi connectivity index (χ2v) is 3.59. The second kappa shape index (κ2) is 4.80. The molecule has 17 heavy (non-hydrogen) atoms. The van der Waals surface area contributed by atoms with Crippen LogP contribution in [0, 0.1) is 0 Å². The predicted octanol–water partition coefficient (Wildman–Crippen LogP) is 1.51. The van der Waals surface area contributed by atoms with Crippen molar-refractivity contribution in [2.24, 2.45) is 0 Å². The summed E-state index contributed by atoms with van der Waals surface area (Å²) >= 11 is 0. The standard InChI is InChI=1S/C12H12N2O3/c1-8(12(15)14-16)17-10-4-5-11-9(7-10)3-2-6-13-11/h2-8,16H,1H3,(H,14,15). The first-order chi connectivity index (χ1) is 8.20. The number of aromatic nitrogens is 1. The molecule has 0 spiro atoms. The van der Waals surface area contributed by atoms with E-state index in [1.807, 2.05) is 18.2 Å². The van der Waals surface area contributed by atoms with E-state index in [2.05, 4.69) is 4.98 Å². The number of amides is 1. The van der Waals surface area contributed by atoms with Crippen molar-refractivity contribution >= 4 is 16.8 Å². The maximum Gasteiger partial charge on any atom is 0.284 e. The maximum atomic E-state index is 11.1. The number of nitrogens with zero attached hydrogens (tertiary/aromatic N) is 1. The van der Waals surface area contributed by atoms with Crippen molar-refractivity contribution in [3.05, 3.63) is 36.5 Å². The fraction of sp³-hybridized carbons (Fsp3) is 0.167. The molecule has 88 valence electrons. The molecule has 0 saturated carbocycles.